The normalized spacial score (nSPS) is 15.8. The van der Waals surface area contributed by atoms with Gasteiger partial charge in [0.15, 0.2) is 0 Å². The molecule has 3 aromatic rings. The molecule has 13 heteroatoms. The quantitative estimate of drug-likeness (QED) is 0.260. The van der Waals surface area contributed by atoms with Crippen molar-refractivity contribution in [2.24, 2.45) is 0 Å². The van der Waals surface area contributed by atoms with E-state index in [1.807, 2.05) is 77.9 Å². The number of rotatable bonds is 7. The summed E-state index contributed by atoms with van der Waals surface area (Å²) in [6, 6.07) is 15.2. The van der Waals surface area contributed by atoms with Crippen LogP contribution >= 0.6 is 0 Å². The molecule has 4 heterocycles. The third kappa shape index (κ3) is 9.97. The summed E-state index contributed by atoms with van der Waals surface area (Å²) < 4.78 is 11.1. The second-order valence-electron chi connectivity index (χ2n) is 14.3. The predicted octanol–water partition coefficient (Wildman–Crippen LogP) is 6.34. The number of nitrogens with zero attached hydrogens (tertiary/aromatic N) is 5. The van der Waals surface area contributed by atoms with Gasteiger partial charge in [0, 0.05) is 51.5 Å². The summed E-state index contributed by atoms with van der Waals surface area (Å²) >= 11 is 0. The van der Waals surface area contributed by atoms with E-state index in [1.54, 1.807) is 34.3 Å². The van der Waals surface area contributed by atoms with E-state index in [0.717, 1.165) is 29.9 Å². The van der Waals surface area contributed by atoms with Crippen molar-refractivity contribution in [3.8, 4) is 0 Å². The molecule has 262 valence electrons. The van der Waals surface area contributed by atoms with Gasteiger partial charge in [0.2, 0.25) is 0 Å². The van der Waals surface area contributed by atoms with E-state index in [9.17, 15) is 14.4 Å². The minimum absolute atomic E-state index is 0.181. The highest BCUT2D eigenvalue weighted by Gasteiger charge is 2.28. The fourth-order valence-corrected chi connectivity index (χ4v) is 5.64. The Morgan fingerprint density at radius 3 is 1.98 bits per heavy atom. The number of carbonyl (C=O) groups excluding carboxylic acids is 3. The fraction of sp³-hybridized carbons (Fsp3) is 0.472. The molecule has 13 nitrogen and oxygen atoms in total. The van der Waals surface area contributed by atoms with E-state index in [4.69, 9.17) is 9.47 Å². The number of anilines is 5. The van der Waals surface area contributed by atoms with Crippen molar-refractivity contribution in [2.45, 2.75) is 71.6 Å². The Labute approximate surface area is 288 Å². The second-order valence-corrected chi connectivity index (χ2v) is 14.3. The first kappa shape index (κ1) is 35.2. The fourth-order valence-electron chi connectivity index (χ4n) is 5.64. The third-order valence-electron chi connectivity index (χ3n) is 8.00. The van der Waals surface area contributed by atoms with Gasteiger partial charge in [-0.2, -0.15) is 0 Å². The number of hydrogen-bond acceptors (Lipinski definition) is 10. The Morgan fingerprint density at radius 1 is 0.735 bits per heavy atom. The lowest BCUT2D eigenvalue weighted by Crippen LogP contribution is -2.50. The highest BCUT2D eigenvalue weighted by atomic mass is 16.6. The molecule has 0 aliphatic carbocycles. The molecular weight excluding hydrogens is 624 g/mol. The molecule has 2 aliphatic rings. The average molecular weight is 673 g/mol. The molecule has 2 aliphatic heterocycles. The molecule has 2 aromatic heterocycles. The summed E-state index contributed by atoms with van der Waals surface area (Å²) in [6.45, 7) is 14.6. The maximum atomic E-state index is 13.4. The number of piperazine rings is 1. The number of carbonyl (C=O) groups is 3. The van der Waals surface area contributed by atoms with Gasteiger partial charge >= 0.3 is 12.2 Å². The molecule has 0 bridgehead atoms. The Balaban J connectivity index is 1.19. The van der Waals surface area contributed by atoms with Gasteiger partial charge in [-0.1, -0.05) is 18.2 Å². The first-order chi connectivity index (χ1) is 23.2. The predicted molar refractivity (Wildman–Crippen MR) is 191 cm³/mol. The maximum absolute atomic E-state index is 13.4. The van der Waals surface area contributed by atoms with Crippen LogP contribution in [0.3, 0.4) is 0 Å². The number of amides is 3. The molecule has 1 aromatic carbocycles. The molecule has 0 unspecified atom stereocenters. The van der Waals surface area contributed by atoms with Crippen LogP contribution in [-0.4, -0.2) is 94.4 Å². The van der Waals surface area contributed by atoms with E-state index in [0.29, 0.717) is 50.8 Å². The van der Waals surface area contributed by atoms with E-state index in [1.165, 1.54) is 0 Å². The summed E-state index contributed by atoms with van der Waals surface area (Å²) in [5.74, 6) is 0.153. The molecule has 5 rings (SSSR count). The standard InChI is InChI=1S/C36H48N8O5/c1-35(2,3)48-33(46)43-18-15-25(16-19-43)38-26-10-7-8-11-27(26)39-31-13-9-12-28(40-31)32(45)41-29-24-37-17-14-30(29)42-20-22-44(23-21-42)34(47)49-36(4,5)6/h7-14,17,24-25,38H,15-16,18-23H2,1-6H3,(H,39,40)(H,41,45). The van der Waals surface area contributed by atoms with Crippen molar-refractivity contribution < 1.29 is 23.9 Å². The van der Waals surface area contributed by atoms with Crippen LogP contribution in [-0.2, 0) is 9.47 Å². The van der Waals surface area contributed by atoms with Crippen molar-refractivity contribution >= 4 is 46.7 Å². The zero-order chi connectivity index (χ0) is 35.2. The van der Waals surface area contributed by atoms with Gasteiger partial charge in [-0.3, -0.25) is 9.78 Å². The number of para-hydroxylation sites is 2. The Kier molecular flexibility index (Phi) is 10.8. The van der Waals surface area contributed by atoms with Gasteiger partial charge in [0.05, 0.1) is 28.9 Å². The molecule has 0 atom stereocenters. The lowest BCUT2D eigenvalue weighted by molar-refractivity contribution is 0.0207. The van der Waals surface area contributed by atoms with Crippen molar-refractivity contribution in [1.29, 1.82) is 0 Å². The number of aromatic nitrogens is 2. The molecule has 3 N–H and O–H groups in total. The molecule has 3 amide bonds. The van der Waals surface area contributed by atoms with E-state index in [2.05, 4.69) is 30.8 Å². The van der Waals surface area contributed by atoms with E-state index >= 15 is 0 Å². The highest BCUT2D eigenvalue weighted by molar-refractivity contribution is 6.04. The van der Waals surface area contributed by atoms with Crippen LogP contribution in [0, 0.1) is 0 Å². The Morgan fingerprint density at radius 2 is 1.35 bits per heavy atom. The van der Waals surface area contributed by atoms with Gasteiger partial charge < -0.3 is 40.1 Å². The SMILES string of the molecule is CC(C)(C)OC(=O)N1CCC(Nc2ccccc2Nc2cccc(C(=O)Nc3cnccc3N3CCN(C(=O)OC(C)(C)C)CC3)n2)CC1. The van der Waals surface area contributed by atoms with Crippen molar-refractivity contribution in [3.05, 3.63) is 66.6 Å². The van der Waals surface area contributed by atoms with Gasteiger partial charge in [-0.15, -0.1) is 0 Å². The zero-order valence-electron chi connectivity index (χ0n) is 29.3. The summed E-state index contributed by atoms with van der Waals surface area (Å²) in [6.07, 6.45) is 4.28. The number of benzene rings is 1. The largest absolute Gasteiger partial charge is 0.444 e. The minimum atomic E-state index is -0.554. The van der Waals surface area contributed by atoms with Crippen LogP contribution in [0.15, 0.2) is 60.9 Å². The number of nitrogens with one attached hydrogen (secondary N) is 3. The van der Waals surface area contributed by atoms with Crippen LogP contribution in [0.2, 0.25) is 0 Å². The maximum Gasteiger partial charge on any atom is 0.410 e. The molecule has 0 spiro atoms. The van der Waals surface area contributed by atoms with Gasteiger partial charge in [-0.25, -0.2) is 14.6 Å². The first-order valence-corrected chi connectivity index (χ1v) is 16.8. The molecule has 2 saturated heterocycles. The smallest absolute Gasteiger partial charge is 0.410 e. The van der Waals surface area contributed by atoms with Crippen LogP contribution in [0.4, 0.5) is 38.2 Å². The van der Waals surface area contributed by atoms with Crippen LogP contribution < -0.4 is 20.9 Å². The van der Waals surface area contributed by atoms with Crippen molar-refractivity contribution in [2.75, 3.05) is 60.1 Å². The number of hydrogen-bond donors (Lipinski definition) is 3. The third-order valence-corrected chi connectivity index (χ3v) is 8.00. The van der Waals surface area contributed by atoms with Crippen LogP contribution in [0.5, 0.6) is 0 Å². The molecule has 2 fully saturated rings. The molecule has 0 saturated carbocycles. The molecular formula is C36H48N8O5. The summed E-state index contributed by atoms with van der Waals surface area (Å²) in [5.41, 5.74) is 2.27. The minimum Gasteiger partial charge on any atom is -0.444 e. The average Bonchev–Trinajstić information content (AvgIpc) is 3.05. The Bertz CT molecular complexity index is 1620. The van der Waals surface area contributed by atoms with Gasteiger partial charge in [-0.05, 0) is 84.7 Å². The van der Waals surface area contributed by atoms with Crippen molar-refractivity contribution in [1.82, 2.24) is 19.8 Å². The van der Waals surface area contributed by atoms with Crippen LogP contribution in [0.1, 0.15) is 64.9 Å². The summed E-state index contributed by atoms with van der Waals surface area (Å²) in [7, 11) is 0. The second kappa shape index (κ2) is 15.0. The van der Waals surface area contributed by atoms with Gasteiger partial charge in [0.25, 0.3) is 5.91 Å². The lowest BCUT2D eigenvalue weighted by Gasteiger charge is -2.37. The number of pyridine rings is 2. The van der Waals surface area contributed by atoms with Crippen molar-refractivity contribution in [3.63, 3.8) is 0 Å². The topological polar surface area (TPSA) is 141 Å². The monoisotopic (exact) mass is 672 g/mol. The zero-order valence-corrected chi connectivity index (χ0v) is 29.3. The van der Waals surface area contributed by atoms with Gasteiger partial charge in [0.1, 0.15) is 22.7 Å². The number of ether oxygens (including phenoxy) is 2. The molecule has 49 heavy (non-hydrogen) atoms. The summed E-state index contributed by atoms with van der Waals surface area (Å²) in [5, 5.41) is 9.96. The van der Waals surface area contributed by atoms with Crippen LogP contribution in [0.25, 0.3) is 0 Å². The lowest BCUT2D eigenvalue weighted by atomic mass is 10.0. The van der Waals surface area contributed by atoms with E-state index < -0.39 is 11.2 Å². The first-order valence-electron chi connectivity index (χ1n) is 16.8. The number of piperidine rings is 1. The highest BCUT2D eigenvalue weighted by Crippen LogP contribution is 2.29. The summed E-state index contributed by atoms with van der Waals surface area (Å²) in [4.78, 5) is 52.9. The van der Waals surface area contributed by atoms with E-state index in [-0.39, 0.29) is 29.8 Å². The Hall–Kier alpha value is -5.07. The molecule has 0 radical (unpaired) electrons. The number of likely N-dealkylation sites (tertiary alicyclic amines) is 1.